The lowest BCUT2D eigenvalue weighted by molar-refractivity contribution is 0.513. The molecule has 0 saturated carbocycles. The molecule has 3 aromatic carbocycles. The van der Waals surface area contributed by atoms with Crippen molar-refractivity contribution in [3.05, 3.63) is 120 Å². The van der Waals surface area contributed by atoms with Crippen LogP contribution in [0, 0.1) is 5.92 Å². The number of amidine groups is 1. The van der Waals surface area contributed by atoms with Crippen LogP contribution in [0.5, 0.6) is 0 Å². The van der Waals surface area contributed by atoms with Gasteiger partial charge in [0.2, 0.25) is 0 Å². The quantitative estimate of drug-likeness (QED) is 0.243. The first-order valence-corrected chi connectivity index (χ1v) is 11.3. The summed E-state index contributed by atoms with van der Waals surface area (Å²) in [5.74, 6) is 2.16. The molecule has 1 aromatic heterocycles. The molecular formula is C30H26N2O. The number of hydrogen-bond acceptors (Lipinski definition) is 2. The first-order chi connectivity index (χ1) is 16.1. The van der Waals surface area contributed by atoms with Crippen molar-refractivity contribution < 1.29 is 4.42 Å². The zero-order chi connectivity index (χ0) is 22.8. The molecule has 0 amide bonds. The summed E-state index contributed by atoms with van der Waals surface area (Å²) in [6.45, 7) is 8.41. The molecule has 4 aromatic rings. The minimum Gasteiger partial charge on any atom is -0.460 e. The monoisotopic (exact) mass is 430 g/mol. The summed E-state index contributed by atoms with van der Waals surface area (Å²) in [5.41, 5.74) is 6.50. The maximum Gasteiger partial charge on any atom is 0.160 e. The molecule has 0 N–H and O–H groups in total. The third kappa shape index (κ3) is 4.22. The van der Waals surface area contributed by atoms with Crippen molar-refractivity contribution in [3.63, 3.8) is 0 Å². The summed E-state index contributed by atoms with van der Waals surface area (Å²) < 4.78 is 6.36. The van der Waals surface area contributed by atoms with E-state index in [4.69, 9.17) is 14.4 Å². The van der Waals surface area contributed by atoms with Crippen LogP contribution in [0.15, 0.2) is 106 Å². The number of aliphatic imine (C=N–C) groups is 2. The van der Waals surface area contributed by atoms with Crippen molar-refractivity contribution in [2.45, 2.75) is 20.3 Å². The lowest BCUT2D eigenvalue weighted by Gasteiger charge is -2.09. The third-order valence-corrected chi connectivity index (χ3v) is 5.97. The Kier molecular flexibility index (Phi) is 5.62. The molecule has 3 nitrogen and oxygen atoms in total. The van der Waals surface area contributed by atoms with Gasteiger partial charge in [0.15, 0.2) is 5.84 Å². The molecule has 0 fully saturated rings. The van der Waals surface area contributed by atoms with E-state index in [1.807, 2.05) is 67.6 Å². The van der Waals surface area contributed by atoms with Crippen LogP contribution >= 0.6 is 0 Å². The van der Waals surface area contributed by atoms with E-state index in [1.165, 1.54) is 5.56 Å². The van der Waals surface area contributed by atoms with Crippen LogP contribution in [0.3, 0.4) is 0 Å². The Morgan fingerprint density at radius 2 is 1.58 bits per heavy atom. The molecule has 1 unspecified atom stereocenters. The van der Waals surface area contributed by atoms with Gasteiger partial charge in [-0.15, -0.1) is 0 Å². The smallest absolute Gasteiger partial charge is 0.160 e. The summed E-state index contributed by atoms with van der Waals surface area (Å²) in [6, 6.07) is 26.3. The SMILES string of the molecule is C=C(/N=C(\N=C(/C)c1cccc2c3c(oc12)CC(C)C=C3)c1ccccc1)c1ccccc1. The molecule has 1 aliphatic rings. The summed E-state index contributed by atoms with van der Waals surface area (Å²) >= 11 is 0. The van der Waals surface area contributed by atoms with Crippen molar-refractivity contribution >= 4 is 34.3 Å². The molecule has 0 aliphatic heterocycles. The van der Waals surface area contributed by atoms with Gasteiger partial charge in [0.25, 0.3) is 0 Å². The molecular weight excluding hydrogens is 404 g/mol. The van der Waals surface area contributed by atoms with Crippen LogP contribution < -0.4 is 0 Å². The molecule has 0 saturated heterocycles. The molecule has 1 aliphatic carbocycles. The molecule has 3 heteroatoms. The second-order valence-corrected chi connectivity index (χ2v) is 8.47. The largest absolute Gasteiger partial charge is 0.460 e. The van der Waals surface area contributed by atoms with Crippen LogP contribution in [0.2, 0.25) is 0 Å². The average molecular weight is 431 g/mol. The number of hydrogen-bond donors (Lipinski definition) is 0. The van der Waals surface area contributed by atoms with Gasteiger partial charge >= 0.3 is 0 Å². The fourth-order valence-corrected chi connectivity index (χ4v) is 4.21. The van der Waals surface area contributed by atoms with E-state index in [0.717, 1.165) is 45.6 Å². The third-order valence-electron chi connectivity index (χ3n) is 5.97. The molecule has 0 radical (unpaired) electrons. The van der Waals surface area contributed by atoms with Crippen LogP contribution in [0.4, 0.5) is 0 Å². The van der Waals surface area contributed by atoms with Crippen LogP contribution in [-0.4, -0.2) is 11.5 Å². The highest BCUT2D eigenvalue weighted by Crippen LogP contribution is 2.34. The first-order valence-electron chi connectivity index (χ1n) is 11.3. The second-order valence-electron chi connectivity index (χ2n) is 8.47. The van der Waals surface area contributed by atoms with Crippen molar-refractivity contribution in [2.24, 2.45) is 15.9 Å². The van der Waals surface area contributed by atoms with Gasteiger partial charge in [0.1, 0.15) is 11.3 Å². The Bertz CT molecular complexity index is 1410. The number of rotatable bonds is 4. The zero-order valence-electron chi connectivity index (χ0n) is 19.0. The molecule has 1 heterocycles. The standard InChI is InChI=1S/C30H26N2O/c1-20-17-18-26-27-16-10-15-25(29(27)33-28(26)19-20)22(3)32-30(24-13-8-5-9-14-24)31-21(2)23-11-6-4-7-12-23/h4-18,20H,2,19H2,1,3H3/b31-30-,32-22+. The average Bonchev–Trinajstić information content (AvgIpc) is 3.22. The van der Waals surface area contributed by atoms with Gasteiger partial charge in [-0.3, -0.25) is 0 Å². The van der Waals surface area contributed by atoms with Crippen molar-refractivity contribution in [1.29, 1.82) is 0 Å². The predicted octanol–water partition coefficient (Wildman–Crippen LogP) is 7.56. The number of furan rings is 1. The normalized spacial score (nSPS) is 16.1. The minimum atomic E-state index is 0.483. The fraction of sp³-hybridized carbons (Fsp3) is 0.133. The van der Waals surface area contributed by atoms with Crippen LogP contribution in [0.1, 0.15) is 41.9 Å². The first kappa shape index (κ1) is 20.9. The maximum atomic E-state index is 6.36. The zero-order valence-corrected chi connectivity index (χ0v) is 19.0. The summed E-state index contributed by atoms with van der Waals surface area (Å²) in [6.07, 6.45) is 5.36. The van der Waals surface area contributed by atoms with E-state index >= 15 is 0 Å². The summed E-state index contributed by atoms with van der Waals surface area (Å²) in [4.78, 5) is 9.81. The Hall–Kier alpha value is -3.98. The highest BCUT2D eigenvalue weighted by molar-refractivity contribution is 6.16. The van der Waals surface area contributed by atoms with Gasteiger partial charge < -0.3 is 4.42 Å². The van der Waals surface area contributed by atoms with E-state index in [0.29, 0.717) is 17.5 Å². The maximum absolute atomic E-state index is 6.36. The van der Waals surface area contributed by atoms with Gasteiger partial charge in [-0.1, -0.05) is 98.5 Å². The van der Waals surface area contributed by atoms with Gasteiger partial charge in [0, 0.05) is 28.5 Å². The Labute approximate surface area is 194 Å². The van der Waals surface area contributed by atoms with Gasteiger partial charge in [-0.2, -0.15) is 0 Å². The highest BCUT2D eigenvalue weighted by Gasteiger charge is 2.20. The molecule has 0 bridgehead atoms. The number of fused-ring (bicyclic) bond motifs is 3. The predicted molar refractivity (Wildman–Crippen MR) is 139 cm³/mol. The van der Waals surface area contributed by atoms with Gasteiger partial charge in [-0.05, 0) is 24.5 Å². The lowest BCUT2D eigenvalue weighted by atomic mass is 9.95. The highest BCUT2D eigenvalue weighted by atomic mass is 16.3. The fourth-order valence-electron chi connectivity index (χ4n) is 4.21. The van der Waals surface area contributed by atoms with E-state index in [1.54, 1.807) is 0 Å². The Morgan fingerprint density at radius 3 is 2.30 bits per heavy atom. The Morgan fingerprint density at radius 1 is 0.879 bits per heavy atom. The molecule has 162 valence electrons. The van der Waals surface area contributed by atoms with Crippen LogP contribution in [-0.2, 0) is 6.42 Å². The molecule has 33 heavy (non-hydrogen) atoms. The topological polar surface area (TPSA) is 37.9 Å². The number of para-hydroxylation sites is 1. The van der Waals surface area contributed by atoms with Crippen molar-refractivity contribution in [3.8, 4) is 0 Å². The van der Waals surface area contributed by atoms with Gasteiger partial charge in [-0.25, -0.2) is 9.98 Å². The van der Waals surface area contributed by atoms with E-state index < -0.39 is 0 Å². The minimum absolute atomic E-state index is 0.483. The number of nitrogens with zero attached hydrogens (tertiary/aromatic N) is 2. The number of allylic oxidation sites excluding steroid dienone is 1. The Balaban J connectivity index is 1.60. The van der Waals surface area contributed by atoms with Crippen LogP contribution in [0.25, 0.3) is 22.7 Å². The molecule has 1 atom stereocenters. The summed E-state index contributed by atoms with van der Waals surface area (Å²) in [5, 5.41) is 1.13. The molecule has 0 spiro atoms. The lowest BCUT2D eigenvalue weighted by Crippen LogP contribution is -2.04. The molecule has 5 rings (SSSR count). The van der Waals surface area contributed by atoms with E-state index in [2.05, 4.69) is 43.9 Å². The number of benzene rings is 3. The van der Waals surface area contributed by atoms with Crippen molar-refractivity contribution in [1.82, 2.24) is 0 Å². The summed E-state index contributed by atoms with van der Waals surface area (Å²) in [7, 11) is 0. The van der Waals surface area contributed by atoms with E-state index in [9.17, 15) is 0 Å². The van der Waals surface area contributed by atoms with Gasteiger partial charge in [0.05, 0.1) is 11.4 Å². The second kappa shape index (κ2) is 8.87. The van der Waals surface area contributed by atoms with E-state index in [-0.39, 0.29) is 0 Å². The van der Waals surface area contributed by atoms with Crippen molar-refractivity contribution in [2.75, 3.05) is 0 Å².